The summed E-state index contributed by atoms with van der Waals surface area (Å²) in [5.74, 6) is -0.427. The van der Waals surface area contributed by atoms with E-state index in [9.17, 15) is 9.18 Å². The molecule has 0 bridgehead atoms. The van der Waals surface area contributed by atoms with Crippen LogP contribution in [0.15, 0.2) is 46.9 Å². The number of halogens is 2. The first kappa shape index (κ1) is 13.5. The van der Waals surface area contributed by atoms with Crippen LogP contribution in [-0.4, -0.2) is 13.1 Å². The van der Waals surface area contributed by atoms with Crippen LogP contribution in [0.3, 0.4) is 0 Å². The Morgan fingerprint density at radius 2 is 1.74 bits per heavy atom. The van der Waals surface area contributed by atoms with Crippen LogP contribution in [0.5, 0.6) is 11.5 Å². The Balaban J connectivity index is 2.26. The van der Waals surface area contributed by atoms with Crippen molar-refractivity contribution in [2.75, 3.05) is 7.11 Å². The largest absolute Gasteiger partial charge is 0.465 e. The van der Waals surface area contributed by atoms with Crippen LogP contribution < -0.4 is 4.74 Å². The first-order valence-corrected chi connectivity index (χ1v) is 6.21. The monoisotopic (exact) mass is 324 g/mol. The van der Waals surface area contributed by atoms with Crippen molar-refractivity contribution in [1.29, 1.82) is 0 Å². The second kappa shape index (κ2) is 5.84. The van der Waals surface area contributed by atoms with Gasteiger partial charge in [0, 0.05) is 4.47 Å². The van der Waals surface area contributed by atoms with E-state index in [1.807, 2.05) is 12.1 Å². The quantitative estimate of drug-likeness (QED) is 0.795. The van der Waals surface area contributed by atoms with Gasteiger partial charge >= 0.3 is 5.97 Å². The lowest BCUT2D eigenvalue weighted by Crippen LogP contribution is -2.04. The van der Waals surface area contributed by atoms with E-state index in [4.69, 9.17) is 4.74 Å². The van der Waals surface area contributed by atoms with Gasteiger partial charge in [0.2, 0.25) is 0 Å². The summed E-state index contributed by atoms with van der Waals surface area (Å²) in [4.78, 5) is 11.4. The van der Waals surface area contributed by atoms with E-state index in [0.29, 0.717) is 11.5 Å². The van der Waals surface area contributed by atoms with Gasteiger partial charge in [-0.05, 0) is 42.5 Å². The predicted molar refractivity (Wildman–Crippen MR) is 72.0 cm³/mol. The summed E-state index contributed by atoms with van der Waals surface area (Å²) in [5, 5.41) is 0. The lowest BCUT2D eigenvalue weighted by Gasteiger charge is -2.07. The fourth-order valence-corrected chi connectivity index (χ4v) is 1.74. The third-order valence-corrected chi connectivity index (χ3v) is 2.92. The van der Waals surface area contributed by atoms with Crippen LogP contribution in [0.25, 0.3) is 0 Å². The molecule has 0 N–H and O–H groups in total. The topological polar surface area (TPSA) is 35.5 Å². The van der Waals surface area contributed by atoms with Gasteiger partial charge in [-0.1, -0.05) is 15.9 Å². The standard InChI is InChI=1S/C14H10BrFO3/c1-18-14(17)12-8-11(6-7-13(12)16)19-10-4-2-9(15)3-5-10/h2-8H,1H3. The second-order valence-electron chi connectivity index (χ2n) is 3.69. The van der Waals surface area contributed by atoms with Crippen LogP contribution in [0.1, 0.15) is 10.4 Å². The van der Waals surface area contributed by atoms with Gasteiger partial charge < -0.3 is 9.47 Å². The minimum absolute atomic E-state index is 0.155. The van der Waals surface area contributed by atoms with Crippen molar-refractivity contribution in [3.8, 4) is 11.5 Å². The zero-order chi connectivity index (χ0) is 13.8. The molecule has 0 saturated carbocycles. The number of hydrogen-bond donors (Lipinski definition) is 0. The minimum atomic E-state index is -0.737. The van der Waals surface area contributed by atoms with Gasteiger partial charge in [-0.25, -0.2) is 9.18 Å². The predicted octanol–water partition coefficient (Wildman–Crippen LogP) is 4.17. The Morgan fingerprint density at radius 1 is 1.11 bits per heavy atom. The van der Waals surface area contributed by atoms with Gasteiger partial charge in [0.15, 0.2) is 0 Å². The summed E-state index contributed by atoms with van der Waals surface area (Å²) in [6.07, 6.45) is 0. The molecule has 0 aliphatic heterocycles. The van der Waals surface area contributed by atoms with E-state index >= 15 is 0 Å². The van der Waals surface area contributed by atoms with Gasteiger partial charge in [-0.3, -0.25) is 0 Å². The molecule has 0 aliphatic carbocycles. The minimum Gasteiger partial charge on any atom is -0.465 e. The molecule has 2 aromatic rings. The maximum atomic E-state index is 13.4. The molecule has 0 unspecified atom stereocenters. The molecule has 0 radical (unpaired) electrons. The summed E-state index contributed by atoms with van der Waals surface area (Å²) < 4.78 is 24.4. The molecule has 3 nitrogen and oxygen atoms in total. The highest BCUT2D eigenvalue weighted by molar-refractivity contribution is 9.10. The lowest BCUT2D eigenvalue weighted by atomic mass is 10.2. The molecule has 0 spiro atoms. The van der Waals surface area contributed by atoms with Gasteiger partial charge in [-0.15, -0.1) is 0 Å². The van der Waals surface area contributed by atoms with Crippen LogP contribution in [0, 0.1) is 5.82 Å². The van der Waals surface area contributed by atoms with Crippen molar-refractivity contribution in [2.24, 2.45) is 0 Å². The van der Waals surface area contributed by atoms with Crippen molar-refractivity contribution < 1.29 is 18.7 Å². The molecule has 2 aromatic carbocycles. The molecule has 0 heterocycles. The fraction of sp³-hybridized carbons (Fsp3) is 0.0714. The third-order valence-electron chi connectivity index (χ3n) is 2.39. The third kappa shape index (κ3) is 3.32. The number of hydrogen-bond acceptors (Lipinski definition) is 3. The molecule has 0 saturated heterocycles. The van der Waals surface area contributed by atoms with Crippen LogP contribution in [-0.2, 0) is 4.74 Å². The molecule has 0 aliphatic rings. The van der Waals surface area contributed by atoms with Gasteiger partial charge in [0.1, 0.15) is 17.3 Å². The highest BCUT2D eigenvalue weighted by Gasteiger charge is 2.13. The molecule has 19 heavy (non-hydrogen) atoms. The molecule has 2 rings (SSSR count). The summed E-state index contributed by atoms with van der Waals surface area (Å²) in [6.45, 7) is 0. The average Bonchev–Trinajstić information content (AvgIpc) is 2.42. The molecule has 5 heteroatoms. The Bertz CT molecular complexity index is 596. The molecule has 0 atom stereocenters. The van der Waals surface area contributed by atoms with Gasteiger partial charge in [0.25, 0.3) is 0 Å². The molecule has 0 fully saturated rings. The van der Waals surface area contributed by atoms with E-state index in [2.05, 4.69) is 20.7 Å². The summed E-state index contributed by atoms with van der Waals surface area (Å²) in [6, 6.07) is 11.1. The number of methoxy groups -OCH3 is 1. The van der Waals surface area contributed by atoms with Crippen molar-refractivity contribution in [1.82, 2.24) is 0 Å². The summed E-state index contributed by atoms with van der Waals surface area (Å²) in [7, 11) is 1.20. The zero-order valence-electron chi connectivity index (χ0n) is 10.0. The van der Waals surface area contributed by atoms with E-state index in [1.54, 1.807) is 12.1 Å². The highest BCUT2D eigenvalue weighted by Crippen LogP contribution is 2.25. The highest BCUT2D eigenvalue weighted by atomic mass is 79.9. The Labute approximate surface area is 118 Å². The maximum Gasteiger partial charge on any atom is 0.340 e. The average molecular weight is 325 g/mol. The SMILES string of the molecule is COC(=O)c1cc(Oc2ccc(Br)cc2)ccc1F. The molecular formula is C14H10BrFO3. The van der Waals surface area contributed by atoms with Crippen LogP contribution in [0.2, 0.25) is 0 Å². The summed E-state index contributed by atoms with van der Waals surface area (Å²) in [5.41, 5.74) is -0.155. The molecule has 0 amide bonds. The maximum absolute atomic E-state index is 13.4. The van der Waals surface area contributed by atoms with Crippen molar-refractivity contribution in [3.63, 3.8) is 0 Å². The zero-order valence-corrected chi connectivity index (χ0v) is 11.6. The fourth-order valence-electron chi connectivity index (χ4n) is 1.47. The van der Waals surface area contributed by atoms with E-state index < -0.39 is 11.8 Å². The van der Waals surface area contributed by atoms with Crippen molar-refractivity contribution in [3.05, 3.63) is 58.3 Å². The lowest BCUT2D eigenvalue weighted by molar-refractivity contribution is 0.0595. The van der Waals surface area contributed by atoms with Crippen molar-refractivity contribution >= 4 is 21.9 Å². The molecule has 98 valence electrons. The van der Waals surface area contributed by atoms with E-state index in [-0.39, 0.29) is 5.56 Å². The first-order chi connectivity index (χ1) is 9.10. The number of esters is 1. The second-order valence-corrected chi connectivity index (χ2v) is 4.60. The molecule has 0 aromatic heterocycles. The number of rotatable bonds is 3. The van der Waals surface area contributed by atoms with Crippen LogP contribution >= 0.6 is 15.9 Å². The Kier molecular flexibility index (Phi) is 4.16. The first-order valence-electron chi connectivity index (χ1n) is 5.41. The summed E-state index contributed by atoms with van der Waals surface area (Å²) >= 11 is 3.31. The van der Waals surface area contributed by atoms with Gasteiger partial charge in [0.05, 0.1) is 12.7 Å². The number of ether oxygens (including phenoxy) is 2. The number of carbonyl (C=O) groups excluding carboxylic acids is 1. The van der Waals surface area contributed by atoms with Crippen molar-refractivity contribution in [2.45, 2.75) is 0 Å². The normalized spacial score (nSPS) is 10.1. The number of benzene rings is 2. The Hall–Kier alpha value is -1.88. The van der Waals surface area contributed by atoms with Crippen LogP contribution in [0.4, 0.5) is 4.39 Å². The molecular weight excluding hydrogens is 315 g/mol. The van der Waals surface area contributed by atoms with Gasteiger partial charge in [-0.2, -0.15) is 0 Å². The smallest absolute Gasteiger partial charge is 0.340 e. The Morgan fingerprint density at radius 3 is 2.37 bits per heavy atom. The van der Waals surface area contributed by atoms with E-state index in [0.717, 1.165) is 4.47 Å². The van der Waals surface area contributed by atoms with E-state index in [1.165, 1.54) is 25.3 Å². The number of carbonyl (C=O) groups is 1.